The van der Waals surface area contributed by atoms with E-state index in [1.807, 2.05) is 36.1 Å². The quantitative estimate of drug-likeness (QED) is 0.910. The molecule has 0 unspecified atom stereocenters. The zero-order valence-corrected chi connectivity index (χ0v) is 14.4. The van der Waals surface area contributed by atoms with Crippen LogP contribution in [0, 0.1) is 0 Å². The number of hydrogen-bond acceptors (Lipinski definition) is 3. The van der Waals surface area contributed by atoms with Gasteiger partial charge in [-0.15, -0.1) is 0 Å². The fraction of sp³-hybridized carbons (Fsp3) is 0.300. The average Bonchev–Trinajstić information content (AvgIpc) is 2.64. The number of carbonyl (C=O) groups excluding carboxylic acids is 1. The minimum atomic E-state index is -0.0645. The second kappa shape index (κ2) is 8.33. The largest absolute Gasteiger partial charge is 0.494 e. The molecule has 1 aliphatic rings. The van der Waals surface area contributed by atoms with Crippen LogP contribution in [0.25, 0.3) is 6.08 Å². The van der Waals surface area contributed by atoms with Crippen LogP contribution in [-0.4, -0.2) is 35.6 Å². The van der Waals surface area contributed by atoms with Crippen LogP contribution in [0.1, 0.15) is 25.3 Å². The van der Waals surface area contributed by atoms with Crippen molar-refractivity contribution < 1.29 is 9.53 Å². The molecule has 2 amide bonds. The minimum Gasteiger partial charge on any atom is -0.494 e. The van der Waals surface area contributed by atoms with Crippen molar-refractivity contribution in [3.05, 3.63) is 59.9 Å². The summed E-state index contributed by atoms with van der Waals surface area (Å²) in [5.74, 6) is 0.894. The third-order valence-electron chi connectivity index (χ3n) is 4.15. The van der Waals surface area contributed by atoms with E-state index in [2.05, 4.69) is 28.5 Å². The predicted molar refractivity (Wildman–Crippen MR) is 99.7 cm³/mol. The molecule has 1 aliphatic heterocycles. The van der Waals surface area contributed by atoms with Gasteiger partial charge in [0.1, 0.15) is 5.75 Å². The van der Waals surface area contributed by atoms with Crippen molar-refractivity contribution in [1.82, 2.24) is 9.88 Å². The first-order chi connectivity index (χ1) is 12.2. The highest BCUT2D eigenvalue weighted by molar-refractivity contribution is 5.89. The Bertz CT molecular complexity index is 734. The van der Waals surface area contributed by atoms with E-state index in [1.54, 1.807) is 12.4 Å². The molecule has 0 bridgehead atoms. The fourth-order valence-electron chi connectivity index (χ4n) is 2.88. The first kappa shape index (κ1) is 17.0. The number of nitrogens with one attached hydrogen (secondary N) is 1. The number of nitrogens with zero attached hydrogens (tertiary/aromatic N) is 2. The van der Waals surface area contributed by atoms with Crippen LogP contribution in [0.5, 0.6) is 5.75 Å². The Morgan fingerprint density at radius 3 is 2.84 bits per heavy atom. The van der Waals surface area contributed by atoms with Gasteiger partial charge < -0.3 is 15.0 Å². The number of urea groups is 1. The van der Waals surface area contributed by atoms with Gasteiger partial charge in [-0.3, -0.25) is 4.98 Å². The van der Waals surface area contributed by atoms with Crippen molar-refractivity contribution in [3.8, 4) is 5.75 Å². The maximum Gasteiger partial charge on any atom is 0.321 e. The molecule has 0 saturated carbocycles. The van der Waals surface area contributed by atoms with Crippen LogP contribution in [0.15, 0.2) is 54.4 Å². The molecule has 130 valence electrons. The molecule has 1 fully saturated rings. The first-order valence-electron chi connectivity index (χ1n) is 8.63. The Morgan fingerprint density at radius 2 is 2.12 bits per heavy atom. The molecule has 0 atom stereocenters. The van der Waals surface area contributed by atoms with Gasteiger partial charge in [0.25, 0.3) is 0 Å². The van der Waals surface area contributed by atoms with E-state index in [0.717, 1.165) is 42.9 Å². The van der Waals surface area contributed by atoms with E-state index in [9.17, 15) is 4.79 Å². The lowest BCUT2D eigenvalue weighted by molar-refractivity contribution is 0.208. The topological polar surface area (TPSA) is 54.5 Å². The van der Waals surface area contributed by atoms with Gasteiger partial charge in [0.15, 0.2) is 0 Å². The molecule has 25 heavy (non-hydrogen) atoms. The van der Waals surface area contributed by atoms with Crippen LogP contribution in [0.3, 0.4) is 0 Å². The standard InChI is InChI=1S/C20H23N3O2/c1-2-25-19-7-3-5-17(14-19)13-16-8-11-23(12-9-16)20(24)22-18-6-4-10-21-15-18/h3-7,10,13-15H,2,8-9,11-12H2,1H3,(H,22,24). The zero-order valence-electron chi connectivity index (χ0n) is 14.4. The predicted octanol–water partition coefficient (Wildman–Crippen LogP) is 4.19. The van der Waals surface area contributed by atoms with Crippen molar-refractivity contribution in [1.29, 1.82) is 0 Å². The van der Waals surface area contributed by atoms with Crippen molar-refractivity contribution in [2.45, 2.75) is 19.8 Å². The second-order valence-corrected chi connectivity index (χ2v) is 5.97. The molecule has 2 aromatic rings. The van der Waals surface area contributed by atoms with Crippen LogP contribution in [-0.2, 0) is 0 Å². The molecule has 3 rings (SSSR count). The third-order valence-corrected chi connectivity index (χ3v) is 4.15. The number of pyridine rings is 1. The van der Waals surface area contributed by atoms with Crippen LogP contribution in [0.4, 0.5) is 10.5 Å². The van der Waals surface area contributed by atoms with Crippen molar-refractivity contribution in [2.24, 2.45) is 0 Å². The Balaban J connectivity index is 1.56. The Kier molecular flexibility index (Phi) is 5.67. The van der Waals surface area contributed by atoms with Gasteiger partial charge >= 0.3 is 6.03 Å². The summed E-state index contributed by atoms with van der Waals surface area (Å²) in [7, 11) is 0. The van der Waals surface area contributed by atoms with Crippen molar-refractivity contribution in [2.75, 3.05) is 25.0 Å². The van der Waals surface area contributed by atoms with Gasteiger partial charge in [0.05, 0.1) is 18.5 Å². The van der Waals surface area contributed by atoms with E-state index < -0.39 is 0 Å². The summed E-state index contributed by atoms with van der Waals surface area (Å²) in [6, 6.07) is 11.7. The number of aromatic nitrogens is 1. The number of rotatable bonds is 4. The molecule has 1 N–H and O–H groups in total. The number of ether oxygens (including phenoxy) is 1. The Hall–Kier alpha value is -2.82. The molecule has 5 heteroatoms. The van der Waals surface area contributed by atoms with E-state index >= 15 is 0 Å². The molecule has 2 heterocycles. The normalized spacial score (nSPS) is 14.1. The fourth-order valence-corrected chi connectivity index (χ4v) is 2.88. The van der Waals surface area contributed by atoms with Crippen molar-refractivity contribution in [3.63, 3.8) is 0 Å². The first-order valence-corrected chi connectivity index (χ1v) is 8.63. The smallest absolute Gasteiger partial charge is 0.321 e. The van der Waals surface area contributed by atoms with Crippen LogP contribution in [0.2, 0.25) is 0 Å². The van der Waals surface area contributed by atoms with Gasteiger partial charge in [-0.1, -0.05) is 23.8 Å². The number of hydrogen-bond donors (Lipinski definition) is 1. The summed E-state index contributed by atoms with van der Waals surface area (Å²) in [6.07, 6.45) is 7.32. The summed E-state index contributed by atoms with van der Waals surface area (Å²) in [6.45, 7) is 4.10. The lowest BCUT2D eigenvalue weighted by Crippen LogP contribution is -2.39. The number of anilines is 1. The molecule has 1 aromatic carbocycles. The summed E-state index contributed by atoms with van der Waals surface area (Å²) in [5.41, 5.74) is 3.23. The highest BCUT2D eigenvalue weighted by Crippen LogP contribution is 2.22. The third kappa shape index (κ3) is 4.83. The molecular weight excluding hydrogens is 314 g/mol. The second-order valence-electron chi connectivity index (χ2n) is 5.97. The maximum absolute atomic E-state index is 12.3. The molecule has 0 aliphatic carbocycles. The Morgan fingerprint density at radius 1 is 1.28 bits per heavy atom. The summed E-state index contributed by atoms with van der Waals surface area (Å²) in [5, 5.41) is 2.89. The van der Waals surface area contributed by atoms with Gasteiger partial charge in [-0.2, -0.15) is 0 Å². The van der Waals surface area contributed by atoms with E-state index in [-0.39, 0.29) is 6.03 Å². The molecule has 0 spiro atoms. The summed E-state index contributed by atoms with van der Waals surface area (Å²) >= 11 is 0. The number of benzene rings is 1. The van der Waals surface area contributed by atoms with Crippen LogP contribution < -0.4 is 10.1 Å². The van der Waals surface area contributed by atoms with Gasteiger partial charge in [-0.25, -0.2) is 4.79 Å². The maximum atomic E-state index is 12.3. The summed E-state index contributed by atoms with van der Waals surface area (Å²) < 4.78 is 5.55. The average molecular weight is 337 g/mol. The summed E-state index contributed by atoms with van der Waals surface area (Å²) in [4.78, 5) is 18.2. The molecule has 1 aromatic heterocycles. The van der Waals surface area contributed by atoms with Crippen molar-refractivity contribution >= 4 is 17.8 Å². The molecular formula is C20H23N3O2. The Labute approximate surface area is 148 Å². The van der Waals surface area contributed by atoms with E-state index in [1.165, 1.54) is 5.57 Å². The number of amides is 2. The highest BCUT2D eigenvalue weighted by atomic mass is 16.5. The van der Waals surface area contributed by atoms with E-state index in [0.29, 0.717) is 6.61 Å². The number of carbonyl (C=O) groups is 1. The van der Waals surface area contributed by atoms with Gasteiger partial charge in [0, 0.05) is 19.3 Å². The van der Waals surface area contributed by atoms with Gasteiger partial charge in [0.2, 0.25) is 0 Å². The lowest BCUT2D eigenvalue weighted by Gasteiger charge is -2.28. The zero-order chi connectivity index (χ0) is 17.5. The molecule has 1 saturated heterocycles. The molecule has 0 radical (unpaired) electrons. The van der Waals surface area contributed by atoms with Crippen LogP contribution >= 0.6 is 0 Å². The monoisotopic (exact) mass is 337 g/mol. The van der Waals surface area contributed by atoms with Gasteiger partial charge in [-0.05, 0) is 49.6 Å². The molecule has 5 nitrogen and oxygen atoms in total. The number of likely N-dealkylation sites (tertiary alicyclic amines) is 1. The highest BCUT2D eigenvalue weighted by Gasteiger charge is 2.19. The number of piperidine rings is 1. The van der Waals surface area contributed by atoms with E-state index in [4.69, 9.17) is 4.74 Å². The SMILES string of the molecule is CCOc1cccc(C=C2CCN(C(=O)Nc3cccnc3)CC2)c1. The lowest BCUT2D eigenvalue weighted by atomic mass is 10.0. The minimum absolute atomic E-state index is 0.0645.